The average Bonchev–Trinajstić information content (AvgIpc) is 2.41. The summed E-state index contributed by atoms with van der Waals surface area (Å²) in [5.74, 6) is 1.11. The van der Waals surface area contributed by atoms with Crippen LogP contribution >= 0.6 is 0 Å². The largest absolute Gasteiger partial charge is 0.350 e. The second-order valence-corrected chi connectivity index (χ2v) is 5.84. The fraction of sp³-hybridized carbons (Fsp3) is 0.938. The molecule has 2 atom stereocenters. The highest BCUT2D eigenvalue weighted by Crippen LogP contribution is 2.25. The molecule has 0 aliphatic heterocycles. The van der Waals surface area contributed by atoms with E-state index in [0.717, 1.165) is 31.6 Å². The highest BCUT2D eigenvalue weighted by atomic mass is 16.2. The standard InChI is InChI=1S/C16H33NO/c1-7-13(5)11-12-16(9-3,10-4)17-15(18)14(6)8-2/h13-14H,7-12H2,1-6H3,(H,17,18)/t13-,14-/m1/s1. The molecule has 0 unspecified atom stereocenters. The molecule has 0 heterocycles. The normalized spacial score (nSPS) is 15.2. The van der Waals surface area contributed by atoms with E-state index in [0.29, 0.717) is 0 Å². The maximum atomic E-state index is 12.1. The Bertz CT molecular complexity index is 233. The predicted molar refractivity (Wildman–Crippen MR) is 79.6 cm³/mol. The second-order valence-electron chi connectivity index (χ2n) is 5.84. The van der Waals surface area contributed by atoms with Crippen molar-refractivity contribution in [3.8, 4) is 0 Å². The number of rotatable bonds is 9. The zero-order valence-electron chi connectivity index (χ0n) is 13.3. The molecule has 0 aliphatic rings. The Hall–Kier alpha value is -0.530. The van der Waals surface area contributed by atoms with Gasteiger partial charge in [0, 0.05) is 11.5 Å². The SMILES string of the molecule is CC[C@@H](C)CCC(CC)(CC)NC(=O)[C@H](C)CC. The molecular weight excluding hydrogens is 222 g/mol. The lowest BCUT2D eigenvalue weighted by Gasteiger charge is -2.35. The summed E-state index contributed by atoms with van der Waals surface area (Å²) in [4.78, 5) is 12.1. The van der Waals surface area contributed by atoms with Gasteiger partial charge >= 0.3 is 0 Å². The number of carbonyl (C=O) groups is 1. The lowest BCUT2D eigenvalue weighted by Crippen LogP contribution is -2.49. The van der Waals surface area contributed by atoms with Gasteiger partial charge in [-0.15, -0.1) is 0 Å². The molecular formula is C16H33NO. The van der Waals surface area contributed by atoms with Gasteiger partial charge in [-0.1, -0.05) is 48.0 Å². The van der Waals surface area contributed by atoms with E-state index < -0.39 is 0 Å². The van der Waals surface area contributed by atoms with Crippen LogP contribution in [0, 0.1) is 11.8 Å². The fourth-order valence-corrected chi connectivity index (χ4v) is 2.14. The summed E-state index contributed by atoms with van der Waals surface area (Å²) in [6, 6.07) is 0. The summed E-state index contributed by atoms with van der Waals surface area (Å²) in [5, 5.41) is 3.32. The third kappa shape index (κ3) is 5.41. The molecule has 0 radical (unpaired) electrons. The van der Waals surface area contributed by atoms with Gasteiger partial charge in [0.15, 0.2) is 0 Å². The molecule has 2 nitrogen and oxygen atoms in total. The van der Waals surface area contributed by atoms with Crippen molar-refractivity contribution in [1.29, 1.82) is 0 Å². The van der Waals surface area contributed by atoms with Gasteiger partial charge in [-0.3, -0.25) is 4.79 Å². The van der Waals surface area contributed by atoms with Crippen LogP contribution in [-0.4, -0.2) is 11.4 Å². The van der Waals surface area contributed by atoms with Crippen LogP contribution in [-0.2, 0) is 4.79 Å². The molecule has 0 bridgehead atoms. The Morgan fingerprint density at radius 2 is 1.61 bits per heavy atom. The first kappa shape index (κ1) is 17.5. The molecule has 0 fully saturated rings. The third-order valence-corrected chi connectivity index (χ3v) is 4.61. The smallest absolute Gasteiger partial charge is 0.223 e. The monoisotopic (exact) mass is 255 g/mol. The van der Waals surface area contributed by atoms with Crippen LogP contribution in [0.15, 0.2) is 0 Å². The predicted octanol–water partition coefficient (Wildman–Crippen LogP) is 4.53. The first-order chi connectivity index (χ1) is 8.44. The number of hydrogen-bond donors (Lipinski definition) is 1. The van der Waals surface area contributed by atoms with E-state index in [4.69, 9.17) is 0 Å². The Balaban J connectivity index is 4.55. The number of carbonyl (C=O) groups excluding carboxylic acids is 1. The van der Waals surface area contributed by atoms with Gasteiger partial charge < -0.3 is 5.32 Å². The molecule has 108 valence electrons. The summed E-state index contributed by atoms with van der Waals surface area (Å²) in [6.45, 7) is 13.0. The van der Waals surface area contributed by atoms with Gasteiger partial charge in [-0.25, -0.2) is 0 Å². The highest BCUT2D eigenvalue weighted by Gasteiger charge is 2.29. The Labute approximate surface area is 114 Å². The lowest BCUT2D eigenvalue weighted by molar-refractivity contribution is -0.126. The van der Waals surface area contributed by atoms with E-state index >= 15 is 0 Å². The van der Waals surface area contributed by atoms with Crippen LogP contribution in [0.1, 0.15) is 80.1 Å². The molecule has 0 aromatic heterocycles. The summed E-state index contributed by atoms with van der Waals surface area (Å²) < 4.78 is 0. The maximum absolute atomic E-state index is 12.1. The van der Waals surface area contributed by atoms with E-state index in [-0.39, 0.29) is 17.4 Å². The Morgan fingerprint density at radius 3 is 2.00 bits per heavy atom. The van der Waals surface area contributed by atoms with E-state index in [1.165, 1.54) is 12.8 Å². The molecule has 0 aromatic carbocycles. The highest BCUT2D eigenvalue weighted by molar-refractivity contribution is 5.79. The number of nitrogens with one attached hydrogen (secondary N) is 1. The molecule has 1 N–H and O–H groups in total. The minimum atomic E-state index is 0.0178. The molecule has 2 heteroatoms. The molecule has 1 amide bonds. The van der Waals surface area contributed by atoms with E-state index in [9.17, 15) is 4.79 Å². The van der Waals surface area contributed by atoms with Crippen LogP contribution in [0.3, 0.4) is 0 Å². The van der Waals surface area contributed by atoms with Crippen molar-refractivity contribution in [3.05, 3.63) is 0 Å². The van der Waals surface area contributed by atoms with Crippen molar-refractivity contribution in [2.45, 2.75) is 85.6 Å². The first-order valence-electron chi connectivity index (χ1n) is 7.76. The molecule has 18 heavy (non-hydrogen) atoms. The van der Waals surface area contributed by atoms with Crippen molar-refractivity contribution in [2.24, 2.45) is 11.8 Å². The van der Waals surface area contributed by atoms with Crippen molar-refractivity contribution in [2.75, 3.05) is 0 Å². The molecule has 0 saturated heterocycles. The average molecular weight is 255 g/mol. The minimum Gasteiger partial charge on any atom is -0.350 e. The van der Waals surface area contributed by atoms with Gasteiger partial charge in [0.05, 0.1) is 0 Å². The van der Waals surface area contributed by atoms with Crippen LogP contribution < -0.4 is 5.32 Å². The summed E-state index contributed by atoms with van der Waals surface area (Å²) in [7, 11) is 0. The second kappa shape index (κ2) is 8.55. The van der Waals surface area contributed by atoms with Gasteiger partial charge in [-0.2, -0.15) is 0 Å². The summed E-state index contributed by atoms with van der Waals surface area (Å²) in [5.41, 5.74) is 0.0178. The van der Waals surface area contributed by atoms with Gasteiger partial charge in [0.2, 0.25) is 5.91 Å². The zero-order valence-corrected chi connectivity index (χ0v) is 13.3. The van der Waals surface area contributed by atoms with Crippen LogP contribution in [0.5, 0.6) is 0 Å². The lowest BCUT2D eigenvalue weighted by atomic mass is 9.84. The van der Waals surface area contributed by atoms with Gasteiger partial charge in [0.1, 0.15) is 0 Å². The van der Waals surface area contributed by atoms with Crippen LogP contribution in [0.4, 0.5) is 0 Å². The molecule has 0 saturated carbocycles. The summed E-state index contributed by atoms with van der Waals surface area (Å²) in [6.07, 6.45) is 6.52. The van der Waals surface area contributed by atoms with E-state index in [1.54, 1.807) is 0 Å². The van der Waals surface area contributed by atoms with E-state index in [2.05, 4.69) is 39.9 Å². The van der Waals surface area contributed by atoms with Crippen molar-refractivity contribution in [1.82, 2.24) is 5.32 Å². The zero-order chi connectivity index (χ0) is 14.2. The topological polar surface area (TPSA) is 29.1 Å². The Kier molecular flexibility index (Phi) is 8.30. The molecule has 0 aliphatic carbocycles. The first-order valence-corrected chi connectivity index (χ1v) is 7.76. The fourth-order valence-electron chi connectivity index (χ4n) is 2.14. The Morgan fingerprint density at radius 1 is 1.06 bits per heavy atom. The quantitative estimate of drug-likeness (QED) is 0.644. The van der Waals surface area contributed by atoms with Crippen molar-refractivity contribution >= 4 is 5.91 Å². The number of amides is 1. The minimum absolute atomic E-state index is 0.0178. The van der Waals surface area contributed by atoms with Crippen LogP contribution in [0.2, 0.25) is 0 Å². The summed E-state index contributed by atoms with van der Waals surface area (Å²) >= 11 is 0. The number of hydrogen-bond acceptors (Lipinski definition) is 1. The molecule has 0 aromatic rings. The van der Waals surface area contributed by atoms with Crippen LogP contribution in [0.25, 0.3) is 0 Å². The van der Waals surface area contributed by atoms with Gasteiger partial charge in [-0.05, 0) is 38.0 Å². The van der Waals surface area contributed by atoms with Gasteiger partial charge in [0.25, 0.3) is 0 Å². The van der Waals surface area contributed by atoms with Crippen molar-refractivity contribution in [3.63, 3.8) is 0 Å². The third-order valence-electron chi connectivity index (χ3n) is 4.61. The molecule has 0 spiro atoms. The van der Waals surface area contributed by atoms with E-state index in [1.807, 2.05) is 6.92 Å². The van der Waals surface area contributed by atoms with Crippen molar-refractivity contribution < 1.29 is 4.79 Å². The molecule has 0 rings (SSSR count). The maximum Gasteiger partial charge on any atom is 0.223 e.